The zero-order valence-electron chi connectivity index (χ0n) is 22.6. The lowest BCUT2D eigenvalue weighted by molar-refractivity contribution is 0.0704. The van der Waals surface area contributed by atoms with Crippen LogP contribution in [-0.2, 0) is 16.4 Å². The van der Waals surface area contributed by atoms with Gasteiger partial charge in [0.15, 0.2) is 0 Å². The molecule has 38 heavy (non-hydrogen) atoms. The molecular weight excluding hydrogens is 539 g/mol. The highest BCUT2D eigenvalue weighted by Gasteiger charge is 2.29. The number of aromatic nitrogens is 3. The van der Waals surface area contributed by atoms with E-state index in [-0.39, 0.29) is 5.75 Å². The summed E-state index contributed by atoms with van der Waals surface area (Å²) in [5.74, 6) is 1.13. The largest absolute Gasteiger partial charge is 0.390 e. The fraction of sp³-hybridized carbons (Fsp3) is 0.667. The third-order valence-electron chi connectivity index (χ3n) is 7.83. The van der Waals surface area contributed by atoms with Crippen LogP contribution < -0.4 is 4.90 Å². The summed E-state index contributed by atoms with van der Waals surface area (Å²) >= 11 is 3.49. The molecule has 1 aromatic carbocycles. The first-order chi connectivity index (χ1) is 18.1. The average Bonchev–Trinajstić information content (AvgIpc) is 3.48. The van der Waals surface area contributed by atoms with Crippen molar-refractivity contribution in [3.63, 3.8) is 0 Å². The Kier molecular flexibility index (Phi) is 8.40. The molecule has 2 aliphatic heterocycles. The molecule has 5 rings (SSSR count). The maximum absolute atomic E-state index is 12.8. The SMILES string of the molecule is Cc1nnc(N2CCC(Cc3nc4ccc(C5CCN(S(=O)(=O)CCCC(C)(C)O)CC5)cc4s3)CC2)s1. The molecule has 4 heterocycles. The molecule has 208 valence electrons. The van der Waals surface area contributed by atoms with Gasteiger partial charge in [0.1, 0.15) is 5.01 Å². The van der Waals surface area contributed by atoms with Crippen LogP contribution in [0, 0.1) is 12.8 Å². The quantitative estimate of drug-likeness (QED) is 0.383. The second kappa shape index (κ2) is 11.4. The molecule has 0 aliphatic carbocycles. The van der Waals surface area contributed by atoms with Crippen LogP contribution in [0.2, 0.25) is 0 Å². The van der Waals surface area contributed by atoms with Gasteiger partial charge in [-0.05, 0) is 88.8 Å². The number of hydrogen-bond acceptors (Lipinski definition) is 9. The van der Waals surface area contributed by atoms with E-state index in [1.165, 1.54) is 15.3 Å². The highest BCUT2D eigenvalue weighted by Crippen LogP contribution is 2.34. The summed E-state index contributed by atoms with van der Waals surface area (Å²) in [6.45, 7) is 8.64. The van der Waals surface area contributed by atoms with Crippen LogP contribution in [0.3, 0.4) is 0 Å². The molecule has 0 radical (unpaired) electrons. The predicted molar refractivity (Wildman–Crippen MR) is 156 cm³/mol. The maximum atomic E-state index is 12.8. The Morgan fingerprint density at radius 3 is 2.45 bits per heavy atom. The first kappa shape index (κ1) is 27.9. The van der Waals surface area contributed by atoms with Gasteiger partial charge >= 0.3 is 0 Å². The molecule has 0 amide bonds. The Balaban J connectivity index is 1.14. The van der Waals surface area contributed by atoms with Gasteiger partial charge in [-0.1, -0.05) is 17.4 Å². The van der Waals surface area contributed by atoms with Crippen molar-refractivity contribution in [3.05, 3.63) is 33.8 Å². The third-order valence-corrected chi connectivity index (χ3v) is 11.7. The van der Waals surface area contributed by atoms with Gasteiger partial charge in [0.05, 0.1) is 26.6 Å². The first-order valence-electron chi connectivity index (χ1n) is 13.7. The number of fused-ring (bicyclic) bond motifs is 1. The Bertz CT molecular complexity index is 1330. The number of benzene rings is 1. The van der Waals surface area contributed by atoms with Gasteiger partial charge in [-0.2, -0.15) is 0 Å². The van der Waals surface area contributed by atoms with Crippen LogP contribution in [0.4, 0.5) is 5.13 Å². The van der Waals surface area contributed by atoms with Gasteiger partial charge in [0.25, 0.3) is 0 Å². The Morgan fingerprint density at radius 2 is 1.79 bits per heavy atom. The summed E-state index contributed by atoms with van der Waals surface area (Å²) in [5, 5.41) is 21.6. The monoisotopic (exact) mass is 577 g/mol. The van der Waals surface area contributed by atoms with Crippen molar-refractivity contribution in [2.75, 3.05) is 36.8 Å². The number of nitrogens with zero attached hydrogens (tertiary/aromatic N) is 5. The van der Waals surface area contributed by atoms with Crippen LogP contribution in [0.1, 0.15) is 73.9 Å². The lowest BCUT2D eigenvalue weighted by Gasteiger charge is -2.31. The minimum Gasteiger partial charge on any atom is -0.390 e. The molecular formula is C27H39N5O3S3. The van der Waals surface area contributed by atoms with Crippen LogP contribution in [-0.4, -0.2) is 70.5 Å². The zero-order valence-corrected chi connectivity index (χ0v) is 25.0. The number of rotatable bonds is 9. The molecule has 0 bridgehead atoms. The minimum atomic E-state index is -3.27. The maximum Gasteiger partial charge on any atom is 0.214 e. The van der Waals surface area contributed by atoms with E-state index in [4.69, 9.17) is 4.98 Å². The van der Waals surface area contributed by atoms with Gasteiger partial charge < -0.3 is 10.0 Å². The van der Waals surface area contributed by atoms with E-state index in [1.807, 2.05) is 18.3 Å². The Morgan fingerprint density at radius 1 is 1.05 bits per heavy atom. The molecule has 2 fully saturated rings. The van der Waals surface area contributed by atoms with Crippen molar-refractivity contribution >= 4 is 48.0 Å². The first-order valence-corrected chi connectivity index (χ1v) is 16.9. The number of aliphatic hydroxyl groups is 1. The van der Waals surface area contributed by atoms with Crippen LogP contribution >= 0.6 is 22.7 Å². The number of sulfonamides is 1. The van der Waals surface area contributed by atoms with E-state index in [2.05, 4.69) is 33.3 Å². The number of piperidine rings is 2. The second-order valence-corrected chi connectivity index (χ2v) is 15.8. The van der Waals surface area contributed by atoms with Gasteiger partial charge in [-0.3, -0.25) is 0 Å². The zero-order chi connectivity index (χ0) is 26.9. The molecule has 0 unspecified atom stereocenters. The summed E-state index contributed by atoms with van der Waals surface area (Å²) in [4.78, 5) is 7.30. The van der Waals surface area contributed by atoms with E-state index in [0.29, 0.717) is 37.8 Å². The Labute approximate surface area is 234 Å². The highest BCUT2D eigenvalue weighted by molar-refractivity contribution is 7.89. The molecule has 0 spiro atoms. The number of hydrogen-bond donors (Lipinski definition) is 1. The van der Waals surface area contributed by atoms with Gasteiger partial charge in [0.2, 0.25) is 15.2 Å². The molecule has 11 heteroatoms. The summed E-state index contributed by atoms with van der Waals surface area (Å²) in [5.41, 5.74) is 1.55. The second-order valence-electron chi connectivity index (χ2n) is 11.5. The van der Waals surface area contributed by atoms with Crippen molar-refractivity contribution in [1.82, 2.24) is 19.5 Å². The smallest absolute Gasteiger partial charge is 0.214 e. The topological polar surface area (TPSA) is 99.5 Å². The van der Waals surface area contributed by atoms with Gasteiger partial charge in [0, 0.05) is 32.6 Å². The van der Waals surface area contributed by atoms with E-state index in [0.717, 1.165) is 60.8 Å². The average molecular weight is 578 g/mol. The van der Waals surface area contributed by atoms with Gasteiger partial charge in [-0.25, -0.2) is 17.7 Å². The summed E-state index contributed by atoms with van der Waals surface area (Å²) in [6.07, 6.45) is 5.99. The minimum absolute atomic E-state index is 0.109. The molecule has 2 saturated heterocycles. The lowest BCUT2D eigenvalue weighted by Crippen LogP contribution is -2.39. The molecule has 1 N–H and O–H groups in total. The van der Waals surface area contributed by atoms with E-state index < -0.39 is 15.6 Å². The lowest BCUT2D eigenvalue weighted by atomic mass is 9.90. The Hall–Kier alpha value is -1.66. The van der Waals surface area contributed by atoms with Crippen molar-refractivity contribution in [2.45, 2.75) is 77.2 Å². The number of thiazole rings is 1. The predicted octanol–water partition coefficient (Wildman–Crippen LogP) is 4.98. The number of anilines is 1. The molecule has 8 nitrogen and oxygen atoms in total. The normalized spacial score (nSPS) is 19.0. The fourth-order valence-electron chi connectivity index (χ4n) is 5.60. The van der Waals surface area contributed by atoms with Crippen molar-refractivity contribution in [1.29, 1.82) is 0 Å². The van der Waals surface area contributed by atoms with E-state index in [1.54, 1.807) is 29.5 Å². The molecule has 0 atom stereocenters. The van der Waals surface area contributed by atoms with Crippen molar-refractivity contribution in [3.8, 4) is 0 Å². The van der Waals surface area contributed by atoms with E-state index in [9.17, 15) is 13.5 Å². The molecule has 2 aliphatic rings. The molecule has 2 aromatic heterocycles. The van der Waals surface area contributed by atoms with Crippen LogP contribution in [0.15, 0.2) is 18.2 Å². The standard InChI is InChI=1S/C27H39N5O3S3/c1-19-29-30-26(36-19)31-12-7-20(8-13-31)17-25-28-23-6-5-22(18-24(23)37-25)21-9-14-32(15-10-21)38(34,35)16-4-11-27(2,3)33/h5-6,18,20-21,33H,4,7-17H2,1-3H3. The summed E-state index contributed by atoms with van der Waals surface area (Å²) < 4.78 is 28.4. The van der Waals surface area contributed by atoms with Crippen molar-refractivity contribution in [2.24, 2.45) is 5.92 Å². The summed E-state index contributed by atoms with van der Waals surface area (Å²) in [7, 11) is -3.27. The van der Waals surface area contributed by atoms with Crippen molar-refractivity contribution < 1.29 is 13.5 Å². The third kappa shape index (κ3) is 6.91. The molecule has 0 saturated carbocycles. The number of aryl methyl sites for hydroxylation is 1. The van der Waals surface area contributed by atoms with Crippen LogP contribution in [0.25, 0.3) is 10.2 Å². The molecule has 3 aromatic rings. The van der Waals surface area contributed by atoms with Crippen LogP contribution in [0.5, 0.6) is 0 Å². The fourth-order valence-corrected chi connectivity index (χ4v) is 9.01. The van der Waals surface area contributed by atoms with Gasteiger partial charge in [-0.15, -0.1) is 21.5 Å². The van der Waals surface area contributed by atoms with E-state index >= 15 is 0 Å². The highest BCUT2D eigenvalue weighted by atomic mass is 32.2. The summed E-state index contributed by atoms with van der Waals surface area (Å²) in [6, 6.07) is 6.62.